The maximum absolute atomic E-state index is 12.6. The molecule has 136 valence electrons. The monoisotopic (exact) mass is 355 g/mol. The molecule has 3 heterocycles. The highest BCUT2D eigenvalue weighted by Gasteiger charge is 2.32. The molecule has 0 spiro atoms. The fourth-order valence-electron chi connectivity index (χ4n) is 3.40. The van der Waals surface area contributed by atoms with Gasteiger partial charge >= 0.3 is 0 Å². The Hall–Kier alpha value is -2.90. The summed E-state index contributed by atoms with van der Waals surface area (Å²) in [4.78, 5) is 32.3. The van der Waals surface area contributed by atoms with Crippen molar-refractivity contribution in [3.05, 3.63) is 30.3 Å². The second-order valence-corrected chi connectivity index (χ2v) is 6.59. The molecule has 2 saturated heterocycles. The van der Waals surface area contributed by atoms with Crippen molar-refractivity contribution in [3.8, 4) is 11.5 Å². The lowest BCUT2D eigenvalue weighted by atomic mass is 10.2. The molecule has 2 aliphatic rings. The fraction of sp³-hybridized carbons (Fsp3) is 0.444. The molecule has 4 rings (SSSR count). The zero-order chi connectivity index (χ0) is 17.9. The highest BCUT2D eigenvalue weighted by molar-refractivity contribution is 5.90. The van der Waals surface area contributed by atoms with Gasteiger partial charge in [0.15, 0.2) is 0 Å². The van der Waals surface area contributed by atoms with Gasteiger partial charge in [0.25, 0.3) is 11.8 Å². The summed E-state index contributed by atoms with van der Waals surface area (Å²) >= 11 is 0. The Labute approximate surface area is 151 Å². The summed E-state index contributed by atoms with van der Waals surface area (Å²) in [5.41, 5.74) is 0.884. The number of amides is 2. The Balaban J connectivity index is 1.40. The average molecular weight is 355 g/mol. The molecule has 0 aliphatic carbocycles. The molecule has 8 heteroatoms. The standard InChI is InChI=1S/C18H21N5O3/c24-15-8-7-14(19-15)17(25)22-9-4-10-23(12-11-22)18-20-16(26-21-18)13-5-2-1-3-6-13/h1-3,5-6,14H,4,7-12H2,(H,19,24). The maximum Gasteiger partial charge on any atom is 0.266 e. The third kappa shape index (κ3) is 3.40. The number of anilines is 1. The van der Waals surface area contributed by atoms with Crippen LogP contribution in [0.3, 0.4) is 0 Å². The van der Waals surface area contributed by atoms with E-state index in [1.807, 2.05) is 40.1 Å². The quantitative estimate of drug-likeness (QED) is 0.885. The number of nitrogens with zero attached hydrogens (tertiary/aromatic N) is 4. The zero-order valence-electron chi connectivity index (χ0n) is 14.4. The minimum atomic E-state index is -0.371. The lowest BCUT2D eigenvalue weighted by Crippen LogP contribution is -2.45. The van der Waals surface area contributed by atoms with Crippen LogP contribution in [-0.2, 0) is 9.59 Å². The number of aromatic nitrogens is 2. The van der Waals surface area contributed by atoms with Gasteiger partial charge in [-0.25, -0.2) is 0 Å². The Kier molecular flexibility index (Phi) is 4.55. The van der Waals surface area contributed by atoms with Crippen LogP contribution >= 0.6 is 0 Å². The van der Waals surface area contributed by atoms with Crippen molar-refractivity contribution in [3.63, 3.8) is 0 Å². The van der Waals surface area contributed by atoms with Crippen molar-refractivity contribution in [1.29, 1.82) is 0 Å². The first kappa shape index (κ1) is 16.6. The molecule has 0 bridgehead atoms. The van der Waals surface area contributed by atoms with E-state index in [4.69, 9.17) is 4.52 Å². The first-order valence-electron chi connectivity index (χ1n) is 8.93. The van der Waals surface area contributed by atoms with E-state index in [1.165, 1.54) is 0 Å². The Morgan fingerprint density at radius 1 is 1.15 bits per heavy atom. The van der Waals surface area contributed by atoms with Gasteiger partial charge in [-0.3, -0.25) is 9.59 Å². The molecule has 1 N–H and O–H groups in total. The van der Waals surface area contributed by atoms with Gasteiger partial charge in [0, 0.05) is 38.2 Å². The highest BCUT2D eigenvalue weighted by atomic mass is 16.5. The second-order valence-electron chi connectivity index (χ2n) is 6.59. The van der Waals surface area contributed by atoms with Gasteiger partial charge < -0.3 is 19.6 Å². The average Bonchev–Trinajstić information content (AvgIpc) is 3.26. The summed E-state index contributed by atoms with van der Waals surface area (Å²) in [7, 11) is 0. The van der Waals surface area contributed by atoms with E-state index in [2.05, 4.69) is 15.5 Å². The van der Waals surface area contributed by atoms with Crippen LogP contribution < -0.4 is 10.2 Å². The summed E-state index contributed by atoms with van der Waals surface area (Å²) in [6, 6.07) is 9.27. The van der Waals surface area contributed by atoms with Gasteiger partial charge in [-0.2, -0.15) is 4.98 Å². The number of hydrogen-bond donors (Lipinski definition) is 1. The van der Waals surface area contributed by atoms with Crippen LogP contribution in [0.1, 0.15) is 19.3 Å². The first-order valence-corrected chi connectivity index (χ1v) is 8.93. The number of nitrogens with one attached hydrogen (secondary N) is 1. The van der Waals surface area contributed by atoms with Crippen LogP contribution in [-0.4, -0.2) is 59.1 Å². The summed E-state index contributed by atoms with van der Waals surface area (Å²) < 4.78 is 5.38. The van der Waals surface area contributed by atoms with Crippen LogP contribution in [0.5, 0.6) is 0 Å². The van der Waals surface area contributed by atoms with Gasteiger partial charge in [0.2, 0.25) is 11.8 Å². The van der Waals surface area contributed by atoms with Crippen LogP contribution in [0.2, 0.25) is 0 Å². The van der Waals surface area contributed by atoms with Crippen molar-refractivity contribution in [2.24, 2.45) is 0 Å². The lowest BCUT2D eigenvalue weighted by molar-refractivity contribution is -0.134. The molecule has 8 nitrogen and oxygen atoms in total. The van der Waals surface area contributed by atoms with E-state index in [-0.39, 0.29) is 17.9 Å². The number of carbonyl (C=O) groups is 2. The molecule has 1 unspecified atom stereocenters. The van der Waals surface area contributed by atoms with E-state index in [1.54, 1.807) is 0 Å². The molecule has 2 aromatic rings. The van der Waals surface area contributed by atoms with Crippen molar-refractivity contribution >= 4 is 17.8 Å². The second kappa shape index (κ2) is 7.15. The van der Waals surface area contributed by atoms with E-state index in [0.717, 1.165) is 18.5 Å². The summed E-state index contributed by atoms with van der Waals surface area (Å²) in [5.74, 6) is 1.01. The number of rotatable bonds is 3. The molecule has 1 aromatic heterocycles. The third-order valence-corrected chi connectivity index (χ3v) is 4.82. The third-order valence-electron chi connectivity index (χ3n) is 4.82. The van der Waals surface area contributed by atoms with Crippen molar-refractivity contribution in [1.82, 2.24) is 20.4 Å². The van der Waals surface area contributed by atoms with E-state index in [9.17, 15) is 9.59 Å². The molecule has 2 amide bonds. The van der Waals surface area contributed by atoms with E-state index in [0.29, 0.717) is 44.3 Å². The van der Waals surface area contributed by atoms with Crippen LogP contribution in [0.25, 0.3) is 11.5 Å². The van der Waals surface area contributed by atoms with Crippen molar-refractivity contribution < 1.29 is 14.1 Å². The molecular formula is C18H21N5O3. The predicted octanol–water partition coefficient (Wildman–Crippen LogP) is 1.05. The molecule has 2 aliphatic heterocycles. The van der Waals surface area contributed by atoms with Crippen molar-refractivity contribution in [2.45, 2.75) is 25.3 Å². The number of benzene rings is 1. The maximum atomic E-state index is 12.6. The Morgan fingerprint density at radius 2 is 2.00 bits per heavy atom. The van der Waals surface area contributed by atoms with Crippen LogP contribution in [0.15, 0.2) is 34.9 Å². The molecule has 2 fully saturated rings. The number of carbonyl (C=O) groups excluding carboxylic acids is 2. The van der Waals surface area contributed by atoms with Crippen molar-refractivity contribution in [2.75, 3.05) is 31.1 Å². The largest absolute Gasteiger partial charge is 0.344 e. The molecule has 1 aromatic carbocycles. The molecule has 1 atom stereocenters. The van der Waals surface area contributed by atoms with Gasteiger partial charge in [0.1, 0.15) is 6.04 Å². The molecule has 0 saturated carbocycles. The van der Waals surface area contributed by atoms with Gasteiger partial charge in [0.05, 0.1) is 0 Å². The summed E-state index contributed by atoms with van der Waals surface area (Å²) in [5, 5.41) is 6.85. The van der Waals surface area contributed by atoms with Crippen LogP contribution in [0.4, 0.5) is 5.95 Å². The molecule has 26 heavy (non-hydrogen) atoms. The topological polar surface area (TPSA) is 91.6 Å². The summed E-state index contributed by atoms with van der Waals surface area (Å²) in [6.45, 7) is 2.65. The van der Waals surface area contributed by atoms with E-state index >= 15 is 0 Å². The molecular weight excluding hydrogens is 334 g/mol. The Morgan fingerprint density at radius 3 is 2.77 bits per heavy atom. The minimum absolute atomic E-state index is 0.00999. The van der Waals surface area contributed by atoms with Crippen LogP contribution in [0, 0.1) is 0 Å². The lowest BCUT2D eigenvalue weighted by Gasteiger charge is -2.24. The first-order chi connectivity index (χ1) is 12.7. The minimum Gasteiger partial charge on any atom is -0.344 e. The Bertz CT molecular complexity index is 791. The van der Waals surface area contributed by atoms with Gasteiger partial charge in [-0.15, -0.1) is 0 Å². The van der Waals surface area contributed by atoms with Gasteiger partial charge in [-0.05, 0) is 30.1 Å². The normalized spacial score (nSPS) is 20.8. The fourth-order valence-corrected chi connectivity index (χ4v) is 3.40. The van der Waals surface area contributed by atoms with E-state index < -0.39 is 0 Å². The SMILES string of the molecule is O=C1CCC(C(=O)N2CCCN(c3noc(-c4ccccc4)n3)CC2)N1. The summed E-state index contributed by atoms with van der Waals surface area (Å²) in [6.07, 6.45) is 1.84. The zero-order valence-corrected chi connectivity index (χ0v) is 14.4. The van der Waals surface area contributed by atoms with Gasteiger partial charge in [-0.1, -0.05) is 18.2 Å². The highest BCUT2D eigenvalue weighted by Crippen LogP contribution is 2.21. The smallest absolute Gasteiger partial charge is 0.266 e. The number of hydrogen-bond acceptors (Lipinski definition) is 6. The molecule has 0 radical (unpaired) electrons. The predicted molar refractivity (Wildman–Crippen MR) is 94.3 cm³/mol.